The molecular weight excluding hydrogens is 366 g/mol. The number of carboxylic acid groups (broad SMARTS) is 2. The van der Waals surface area contributed by atoms with Crippen LogP contribution in [0.15, 0.2) is 46.9 Å². The van der Waals surface area contributed by atoms with E-state index in [-0.39, 0.29) is 23.2 Å². The van der Waals surface area contributed by atoms with Crippen LogP contribution in [0.2, 0.25) is 0 Å². The zero-order valence-corrected chi connectivity index (χ0v) is 13.3. The summed E-state index contributed by atoms with van der Waals surface area (Å²) < 4.78 is 0.877. The molecule has 7 heteroatoms. The second-order valence-electron chi connectivity index (χ2n) is 4.73. The summed E-state index contributed by atoms with van der Waals surface area (Å²) in [6.07, 6.45) is 0.0590. The van der Waals surface area contributed by atoms with Gasteiger partial charge in [0.15, 0.2) is 0 Å². The third-order valence-electron chi connectivity index (χ3n) is 2.97. The van der Waals surface area contributed by atoms with Gasteiger partial charge in [-0.2, -0.15) is 0 Å². The zero-order valence-electron chi connectivity index (χ0n) is 11.7. The Hall–Kier alpha value is -2.67. The normalized spacial score (nSPS) is 10.1. The van der Waals surface area contributed by atoms with Gasteiger partial charge in [0.2, 0.25) is 5.91 Å². The lowest BCUT2D eigenvalue weighted by molar-refractivity contribution is -0.255. The first kappa shape index (κ1) is 16.7. The molecule has 2 aromatic rings. The van der Waals surface area contributed by atoms with Gasteiger partial charge in [-0.25, -0.2) is 0 Å². The fourth-order valence-corrected chi connectivity index (χ4v) is 2.19. The topological polar surface area (TPSA) is 109 Å². The largest absolute Gasteiger partial charge is 0.545 e. The van der Waals surface area contributed by atoms with E-state index in [1.54, 1.807) is 24.3 Å². The quantitative estimate of drug-likeness (QED) is 0.810. The maximum absolute atomic E-state index is 12.0. The van der Waals surface area contributed by atoms with Crippen LogP contribution in [-0.4, -0.2) is 17.8 Å². The molecule has 0 saturated heterocycles. The van der Waals surface area contributed by atoms with Gasteiger partial charge in [-0.05, 0) is 47.0 Å². The van der Waals surface area contributed by atoms with Crippen molar-refractivity contribution in [2.75, 3.05) is 5.32 Å². The van der Waals surface area contributed by atoms with Crippen molar-refractivity contribution >= 4 is 39.5 Å². The lowest BCUT2D eigenvalue weighted by atomic mass is 10.1. The van der Waals surface area contributed by atoms with Crippen LogP contribution in [0.1, 0.15) is 26.3 Å². The number of halogens is 1. The molecule has 23 heavy (non-hydrogen) atoms. The molecule has 0 bridgehead atoms. The summed E-state index contributed by atoms with van der Waals surface area (Å²) in [4.78, 5) is 33.8. The molecule has 0 aliphatic heterocycles. The number of nitrogens with one attached hydrogen (secondary N) is 1. The Kier molecular flexibility index (Phi) is 5.13. The fourth-order valence-electron chi connectivity index (χ4n) is 1.93. The van der Waals surface area contributed by atoms with Crippen molar-refractivity contribution in [3.05, 3.63) is 63.6 Å². The van der Waals surface area contributed by atoms with E-state index in [2.05, 4.69) is 21.2 Å². The van der Waals surface area contributed by atoms with Crippen molar-refractivity contribution in [1.82, 2.24) is 0 Å². The van der Waals surface area contributed by atoms with Gasteiger partial charge in [0, 0.05) is 10.2 Å². The lowest BCUT2D eigenvalue weighted by Crippen LogP contribution is -2.26. The minimum atomic E-state index is -1.54. The third-order valence-corrected chi connectivity index (χ3v) is 3.49. The van der Waals surface area contributed by atoms with Crippen molar-refractivity contribution in [3.63, 3.8) is 0 Å². The van der Waals surface area contributed by atoms with Gasteiger partial charge in [0.05, 0.1) is 18.4 Å². The molecule has 6 nitrogen and oxygen atoms in total. The van der Waals surface area contributed by atoms with Crippen LogP contribution in [0, 0.1) is 0 Å². The van der Waals surface area contributed by atoms with Gasteiger partial charge < -0.3 is 25.1 Å². The Morgan fingerprint density at radius 2 is 1.43 bits per heavy atom. The molecule has 0 radical (unpaired) electrons. The molecule has 0 aromatic heterocycles. The monoisotopic (exact) mass is 375 g/mol. The SMILES string of the molecule is O=C(Cc1ccc(Br)cc1)Nc1cc(C(=O)[O-])cc(C(=O)[O-])c1. The van der Waals surface area contributed by atoms with Crippen LogP contribution in [0.5, 0.6) is 0 Å². The number of amides is 1. The first-order chi connectivity index (χ1) is 10.8. The number of anilines is 1. The van der Waals surface area contributed by atoms with E-state index in [4.69, 9.17) is 0 Å². The molecule has 2 rings (SSSR count). The van der Waals surface area contributed by atoms with Crippen LogP contribution in [0.4, 0.5) is 5.69 Å². The summed E-state index contributed by atoms with van der Waals surface area (Å²) >= 11 is 3.28. The highest BCUT2D eigenvalue weighted by atomic mass is 79.9. The van der Waals surface area contributed by atoms with E-state index < -0.39 is 17.8 Å². The van der Waals surface area contributed by atoms with E-state index in [0.717, 1.165) is 28.2 Å². The average molecular weight is 376 g/mol. The zero-order chi connectivity index (χ0) is 17.0. The van der Waals surface area contributed by atoms with Gasteiger partial charge >= 0.3 is 0 Å². The third kappa shape index (κ3) is 4.65. The van der Waals surface area contributed by atoms with E-state index in [9.17, 15) is 24.6 Å². The number of aromatic carboxylic acids is 2. The standard InChI is InChI=1S/C16H12BrNO5/c17-12-3-1-9(2-4-12)5-14(19)18-13-7-10(15(20)21)6-11(8-13)16(22)23/h1-4,6-8H,5H2,(H,18,19)(H,20,21)(H,22,23)/p-2. The summed E-state index contributed by atoms with van der Waals surface area (Å²) in [5.41, 5.74) is 0.0891. The van der Waals surface area contributed by atoms with E-state index in [1.165, 1.54) is 0 Å². The maximum Gasteiger partial charge on any atom is 0.228 e. The van der Waals surface area contributed by atoms with E-state index in [0.29, 0.717) is 0 Å². The average Bonchev–Trinajstić information content (AvgIpc) is 2.49. The Morgan fingerprint density at radius 3 is 1.91 bits per heavy atom. The smallest absolute Gasteiger partial charge is 0.228 e. The molecule has 0 unspecified atom stereocenters. The Bertz CT molecular complexity index is 738. The minimum absolute atomic E-state index is 0.0491. The van der Waals surface area contributed by atoms with Crippen LogP contribution in [-0.2, 0) is 11.2 Å². The first-order valence-corrected chi connectivity index (χ1v) is 7.26. The molecule has 2 aromatic carbocycles. The number of carboxylic acids is 2. The van der Waals surface area contributed by atoms with Crippen molar-refractivity contribution in [1.29, 1.82) is 0 Å². The van der Waals surface area contributed by atoms with Gasteiger partial charge in [0.1, 0.15) is 0 Å². The number of carbonyl (C=O) groups excluding carboxylic acids is 3. The summed E-state index contributed by atoms with van der Waals surface area (Å²) in [5, 5.41) is 24.3. The molecule has 0 aliphatic rings. The summed E-state index contributed by atoms with van der Waals surface area (Å²) in [6.45, 7) is 0. The summed E-state index contributed by atoms with van der Waals surface area (Å²) in [5.74, 6) is -3.50. The Morgan fingerprint density at radius 1 is 0.913 bits per heavy atom. The Labute approximate surface area is 139 Å². The fraction of sp³-hybridized carbons (Fsp3) is 0.0625. The number of carbonyl (C=O) groups is 3. The van der Waals surface area contributed by atoms with E-state index in [1.807, 2.05) is 0 Å². The van der Waals surface area contributed by atoms with Crippen LogP contribution >= 0.6 is 15.9 Å². The van der Waals surface area contributed by atoms with E-state index >= 15 is 0 Å². The number of benzene rings is 2. The molecule has 0 spiro atoms. The van der Waals surface area contributed by atoms with Gasteiger partial charge in [-0.1, -0.05) is 28.1 Å². The minimum Gasteiger partial charge on any atom is -0.545 e. The van der Waals surface area contributed by atoms with Crippen molar-refractivity contribution in [3.8, 4) is 0 Å². The molecule has 0 atom stereocenters. The number of hydrogen-bond donors (Lipinski definition) is 1. The Balaban J connectivity index is 2.18. The molecule has 1 amide bonds. The lowest BCUT2D eigenvalue weighted by Gasteiger charge is -2.12. The molecule has 0 fully saturated rings. The number of hydrogen-bond acceptors (Lipinski definition) is 5. The van der Waals surface area contributed by atoms with Gasteiger partial charge in [-0.15, -0.1) is 0 Å². The predicted molar refractivity (Wildman–Crippen MR) is 81.6 cm³/mol. The molecule has 0 heterocycles. The van der Waals surface area contributed by atoms with Crippen LogP contribution < -0.4 is 15.5 Å². The molecule has 0 saturated carbocycles. The summed E-state index contributed by atoms with van der Waals surface area (Å²) in [7, 11) is 0. The molecule has 0 aliphatic carbocycles. The summed E-state index contributed by atoms with van der Waals surface area (Å²) in [6, 6.07) is 10.3. The van der Waals surface area contributed by atoms with Crippen LogP contribution in [0.25, 0.3) is 0 Å². The first-order valence-electron chi connectivity index (χ1n) is 6.47. The second kappa shape index (κ2) is 7.06. The van der Waals surface area contributed by atoms with Gasteiger partial charge in [-0.3, -0.25) is 4.79 Å². The highest BCUT2D eigenvalue weighted by molar-refractivity contribution is 9.10. The molecular formula is C16H10BrNO5-2. The predicted octanol–water partition coefficient (Wildman–Crippen LogP) is 0.357. The van der Waals surface area contributed by atoms with Crippen molar-refractivity contribution in [2.24, 2.45) is 0 Å². The van der Waals surface area contributed by atoms with Crippen molar-refractivity contribution < 1.29 is 24.6 Å². The second-order valence-corrected chi connectivity index (χ2v) is 5.64. The van der Waals surface area contributed by atoms with Gasteiger partial charge in [0.25, 0.3) is 0 Å². The number of rotatable bonds is 5. The molecule has 1 N–H and O–H groups in total. The van der Waals surface area contributed by atoms with Crippen molar-refractivity contribution in [2.45, 2.75) is 6.42 Å². The van der Waals surface area contributed by atoms with Crippen LogP contribution in [0.3, 0.4) is 0 Å². The highest BCUT2D eigenvalue weighted by Gasteiger charge is 2.08. The highest BCUT2D eigenvalue weighted by Crippen LogP contribution is 2.16. The molecule has 118 valence electrons. The maximum atomic E-state index is 12.0.